The monoisotopic (exact) mass is 464 g/mol. The highest BCUT2D eigenvalue weighted by Crippen LogP contribution is 2.31. The molecule has 0 aromatic rings. The SMILES string of the molecule is CC(C)SC(C)(C)CC(=O)NCCOCCOCCOCCNC(=O)OCC(C)(C)C. The largest absolute Gasteiger partial charge is 0.449 e. The molecule has 0 atom stereocenters. The van der Waals surface area contributed by atoms with Gasteiger partial charge in [0.1, 0.15) is 0 Å². The lowest BCUT2D eigenvalue weighted by molar-refractivity contribution is -0.121. The smallest absolute Gasteiger partial charge is 0.407 e. The zero-order valence-electron chi connectivity index (χ0n) is 20.5. The lowest BCUT2D eigenvalue weighted by Crippen LogP contribution is -2.33. The Morgan fingerprint density at radius 2 is 1.29 bits per heavy atom. The van der Waals surface area contributed by atoms with Gasteiger partial charge in [0, 0.05) is 24.3 Å². The third kappa shape index (κ3) is 22.0. The van der Waals surface area contributed by atoms with Crippen LogP contribution < -0.4 is 10.6 Å². The lowest BCUT2D eigenvalue weighted by atomic mass is 9.99. The summed E-state index contributed by atoms with van der Waals surface area (Å²) in [5.41, 5.74) is -0.0492. The van der Waals surface area contributed by atoms with Gasteiger partial charge in [-0.05, 0) is 10.7 Å². The number of amides is 2. The highest BCUT2D eigenvalue weighted by molar-refractivity contribution is 8.01. The van der Waals surface area contributed by atoms with Crippen LogP contribution in [0.25, 0.3) is 0 Å². The van der Waals surface area contributed by atoms with Gasteiger partial charge in [-0.1, -0.05) is 48.5 Å². The van der Waals surface area contributed by atoms with Crippen LogP contribution in [0.2, 0.25) is 0 Å². The van der Waals surface area contributed by atoms with Crippen molar-refractivity contribution in [2.24, 2.45) is 5.41 Å². The third-order valence-electron chi connectivity index (χ3n) is 3.61. The summed E-state index contributed by atoms with van der Waals surface area (Å²) in [6, 6.07) is 0. The van der Waals surface area contributed by atoms with E-state index in [0.29, 0.717) is 71.0 Å². The maximum absolute atomic E-state index is 12.0. The van der Waals surface area contributed by atoms with Crippen LogP contribution in [-0.2, 0) is 23.7 Å². The number of rotatable bonds is 17. The van der Waals surface area contributed by atoms with E-state index < -0.39 is 6.09 Å². The van der Waals surface area contributed by atoms with E-state index in [1.54, 1.807) is 11.8 Å². The van der Waals surface area contributed by atoms with Crippen LogP contribution in [0.4, 0.5) is 4.79 Å². The van der Waals surface area contributed by atoms with Crippen molar-refractivity contribution in [3.05, 3.63) is 0 Å². The summed E-state index contributed by atoms with van der Waals surface area (Å²) in [5.74, 6) is 0.0482. The molecule has 0 aliphatic carbocycles. The van der Waals surface area contributed by atoms with Gasteiger partial charge in [-0.15, -0.1) is 0 Å². The Bertz CT molecular complexity index is 495. The molecule has 0 rings (SSSR count). The number of ether oxygens (including phenoxy) is 4. The molecule has 2 N–H and O–H groups in total. The number of thioether (sulfide) groups is 1. The molecule has 8 nitrogen and oxygen atoms in total. The molecule has 0 heterocycles. The molecule has 0 saturated carbocycles. The van der Waals surface area contributed by atoms with Crippen LogP contribution in [0.3, 0.4) is 0 Å². The minimum Gasteiger partial charge on any atom is -0.449 e. The topological polar surface area (TPSA) is 95.1 Å². The molecular weight excluding hydrogens is 420 g/mol. The van der Waals surface area contributed by atoms with E-state index in [1.165, 1.54) is 0 Å². The van der Waals surface area contributed by atoms with E-state index in [-0.39, 0.29) is 16.1 Å². The molecule has 9 heteroatoms. The van der Waals surface area contributed by atoms with Crippen LogP contribution >= 0.6 is 11.8 Å². The van der Waals surface area contributed by atoms with Gasteiger partial charge in [0.2, 0.25) is 5.91 Å². The van der Waals surface area contributed by atoms with Gasteiger partial charge in [-0.3, -0.25) is 4.79 Å². The van der Waals surface area contributed by atoms with E-state index in [4.69, 9.17) is 18.9 Å². The van der Waals surface area contributed by atoms with Crippen LogP contribution in [0.5, 0.6) is 0 Å². The predicted octanol–water partition coefficient (Wildman–Crippen LogP) is 3.24. The summed E-state index contributed by atoms with van der Waals surface area (Å²) in [5, 5.41) is 6.02. The summed E-state index contributed by atoms with van der Waals surface area (Å²) in [6.07, 6.45) is 0.0633. The van der Waals surface area contributed by atoms with Crippen molar-refractivity contribution in [2.45, 2.75) is 64.9 Å². The average Bonchev–Trinajstić information content (AvgIpc) is 2.61. The van der Waals surface area contributed by atoms with Gasteiger partial charge in [0.15, 0.2) is 0 Å². The number of carbonyl (C=O) groups excluding carboxylic acids is 2. The van der Waals surface area contributed by atoms with Crippen LogP contribution in [0, 0.1) is 5.41 Å². The Balaban J connectivity index is 3.42. The molecule has 31 heavy (non-hydrogen) atoms. The molecule has 0 saturated heterocycles. The summed E-state index contributed by atoms with van der Waals surface area (Å²) >= 11 is 1.81. The molecule has 0 spiro atoms. The molecule has 184 valence electrons. The maximum atomic E-state index is 12.0. The second-order valence-corrected chi connectivity index (χ2v) is 11.6. The number of carbonyl (C=O) groups is 2. The van der Waals surface area contributed by atoms with Gasteiger partial charge in [0.05, 0.1) is 46.2 Å². The summed E-state index contributed by atoms with van der Waals surface area (Å²) in [4.78, 5) is 23.4. The van der Waals surface area contributed by atoms with Crippen molar-refractivity contribution in [3.63, 3.8) is 0 Å². The molecule has 0 aromatic heterocycles. The van der Waals surface area contributed by atoms with Gasteiger partial charge in [0.25, 0.3) is 0 Å². The number of nitrogens with one attached hydrogen (secondary N) is 2. The van der Waals surface area contributed by atoms with E-state index in [1.807, 2.05) is 20.8 Å². The molecule has 0 aromatic carbocycles. The van der Waals surface area contributed by atoms with Crippen molar-refractivity contribution in [1.82, 2.24) is 10.6 Å². The standard InChI is InChI=1S/C22H44N2O6S/c1-18(2)31-22(6,7)16-19(25)23-8-10-27-12-14-29-15-13-28-11-9-24-20(26)30-17-21(3,4)5/h18H,8-17H2,1-7H3,(H,23,25)(H,24,26). The van der Waals surface area contributed by atoms with Crippen molar-refractivity contribution in [1.29, 1.82) is 0 Å². The normalized spacial score (nSPS) is 12.1. The molecule has 0 bridgehead atoms. The Labute approximate surface area is 192 Å². The summed E-state index contributed by atoms with van der Waals surface area (Å²) < 4.78 is 21.3. The van der Waals surface area contributed by atoms with E-state index >= 15 is 0 Å². The number of alkyl carbamates (subject to hydrolysis) is 1. The fraction of sp³-hybridized carbons (Fsp3) is 0.909. The Kier molecular flexibility index (Phi) is 16.0. The number of hydrogen-bond acceptors (Lipinski definition) is 7. The highest BCUT2D eigenvalue weighted by atomic mass is 32.2. The highest BCUT2D eigenvalue weighted by Gasteiger charge is 2.23. The summed E-state index contributed by atoms with van der Waals surface area (Å²) in [7, 11) is 0. The van der Waals surface area contributed by atoms with Crippen LogP contribution in [0.1, 0.15) is 54.9 Å². The van der Waals surface area contributed by atoms with Gasteiger partial charge in [-0.2, -0.15) is 11.8 Å². The Hall–Kier alpha value is -1.03. The fourth-order valence-corrected chi connectivity index (χ4v) is 3.98. The minimum atomic E-state index is -0.429. The first-order valence-corrected chi connectivity index (χ1v) is 11.9. The Morgan fingerprint density at radius 3 is 1.77 bits per heavy atom. The number of hydrogen-bond donors (Lipinski definition) is 2. The van der Waals surface area contributed by atoms with Gasteiger partial charge in [-0.25, -0.2) is 4.79 Å². The van der Waals surface area contributed by atoms with E-state index in [2.05, 4.69) is 38.3 Å². The van der Waals surface area contributed by atoms with Crippen LogP contribution in [0.15, 0.2) is 0 Å². The molecule has 0 unspecified atom stereocenters. The molecule has 0 aliphatic rings. The molecule has 2 amide bonds. The predicted molar refractivity (Wildman–Crippen MR) is 126 cm³/mol. The van der Waals surface area contributed by atoms with Crippen molar-refractivity contribution in [3.8, 4) is 0 Å². The quantitative estimate of drug-likeness (QED) is 0.319. The minimum absolute atomic E-state index is 0.0482. The van der Waals surface area contributed by atoms with E-state index in [9.17, 15) is 9.59 Å². The van der Waals surface area contributed by atoms with Crippen molar-refractivity contribution < 1.29 is 28.5 Å². The second-order valence-electron chi connectivity index (χ2n) is 9.35. The zero-order valence-corrected chi connectivity index (χ0v) is 21.3. The average molecular weight is 465 g/mol. The molecule has 0 radical (unpaired) electrons. The van der Waals surface area contributed by atoms with Gasteiger partial charge < -0.3 is 29.6 Å². The molecule has 0 fully saturated rings. The summed E-state index contributed by atoms with van der Waals surface area (Å²) in [6.45, 7) is 18.4. The van der Waals surface area contributed by atoms with Crippen molar-refractivity contribution in [2.75, 3.05) is 59.3 Å². The first-order chi connectivity index (χ1) is 14.4. The van der Waals surface area contributed by atoms with Crippen LogP contribution in [-0.4, -0.2) is 81.3 Å². The first kappa shape index (κ1) is 30.0. The maximum Gasteiger partial charge on any atom is 0.407 e. The molecule has 0 aliphatic heterocycles. The van der Waals surface area contributed by atoms with E-state index in [0.717, 1.165) is 0 Å². The first-order valence-electron chi connectivity index (χ1n) is 11.0. The van der Waals surface area contributed by atoms with Gasteiger partial charge >= 0.3 is 6.09 Å². The fourth-order valence-electron chi connectivity index (χ4n) is 2.49. The zero-order chi connectivity index (χ0) is 23.8. The lowest BCUT2D eigenvalue weighted by Gasteiger charge is -2.25. The third-order valence-corrected chi connectivity index (χ3v) is 4.86. The Morgan fingerprint density at radius 1 is 0.806 bits per heavy atom. The molecular formula is C22H44N2O6S. The van der Waals surface area contributed by atoms with Crippen molar-refractivity contribution >= 4 is 23.8 Å². The second kappa shape index (κ2) is 16.6.